The number of nitrogens with one attached hydrogen (secondary N) is 1. The minimum Gasteiger partial charge on any atom is -0.494 e. The molecule has 1 saturated carbocycles. The Morgan fingerprint density at radius 1 is 1.21 bits per heavy atom. The lowest BCUT2D eigenvalue weighted by Gasteiger charge is -2.35. The van der Waals surface area contributed by atoms with E-state index < -0.39 is 35.0 Å². The lowest BCUT2D eigenvalue weighted by atomic mass is 9.89. The van der Waals surface area contributed by atoms with E-state index in [4.69, 9.17) is 4.74 Å². The summed E-state index contributed by atoms with van der Waals surface area (Å²) in [6, 6.07) is 2.21. The number of fused-ring (bicyclic) bond motifs is 1. The number of alkyl halides is 3. The summed E-state index contributed by atoms with van der Waals surface area (Å²) >= 11 is 0. The largest absolute Gasteiger partial charge is 0.494 e. The fourth-order valence-corrected chi connectivity index (χ4v) is 3.35. The number of benzene rings is 1. The fraction of sp³-hybridized carbons (Fsp3) is 0.450. The Balaban J connectivity index is 2.10. The van der Waals surface area contributed by atoms with Crippen LogP contribution in [0.25, 0.3) is 0 Å². The maximum atomic E-state index is 14.7. The Hall–Kier alpha value is -2.87. The van der Waals surface area contributed by atoms with Crippen LogP contribution in [-0.2, 0) is 10.3 Å². The van der Waals surface area contributed by atoms with Gasteiger partial charge in [0.15, 0.2) is 11.6 Å². The molecule has 1 heterocycles. The van der Waals surface area contributed by atoms with Crippen molar-refractivity contribution in [3.05, 3.63) is 23.5 Å². The summed E-state index contributed by atoms with van der Waals surface area (Å²) in [5.41, 5.74) is -4.82. The quantitative estimate of drug-likeness (QED) is 0.552. The van der Waals surface area contributed by atoms with E-state index in [2.05, 4.69) is 27.8 Å². The van der Waals surface area contributed by atoms with Crippen LogP contribution in [0.2, 0.25) is 0 Å². The predicted octanol–water partition coefficient (Wildman–Crippen LogP) is 4.74. The van der Waals surface area contributed by atoms with Crippen molar-refractivity contribution in [3.63, 3.8) is 0 Å². The van der Waals surface area contributed by atoms with Crippen LogP contribution >= 0.6 is 0 Å². The number of carbonyl (C=O) groups excluding carboxylic acids is 1. The number of rotatable bonds is 1. The van der Waals surface area contributed by atoms with Crippen molar-refractivity contribution in [2.24, 2.45) is 5.92 Å². The molecule has 1 N–H and O–H groups in total. The van der Waals surface area contributed by atoms with Crippen LogP contribution in [0.4, 0.5) is 28.0 Å². The molecule has 1 amide bonds. The topological polar surface area (TPSA) is 47.6 Å². The Labute approximate surface area is 159 Å². The average molecular weight is 395 g/mol. The van der Waals surface area contributed by atoms with E-state index in [9.17, 15) is 22.4 Å². The number of anilines is 1. The van der Waals surface area contributed by atoms with E-state index in [0.717, 1.165) is 51.3 Å². The molecular formula is C20H17F4NO3. The van der Waals surface area contributed by atoms with E-state index in [-0.39, 0.29) is 11.6 Å². The zero-order valence-electron chi connectivity index (χ0n) is 15.0. The molecule has 0 unspecified atom stereocenters. The first-order valence-corrected chi connectivity index (χ1v) is 8.75. The van der Waals surface area contributed by atoms with Gasteiger partial charge in [0.25, 0.3) is 5.60 Å². The number of carbonyl (C=O) groups is 1. The van der Waals surface area contributed by atoms with Gasteiger partial charge in [-0.25, -0.2) is 9.18 Å². The highest BCUT2D eigenvalue weighted by molar-refractivity contribution is 5.90. The van der Waals surface area contributed by atoms with Gasteiger partial charge in [0, 0.05) is 5.92 Å². The van der Waals surface area contributed by atoms with Gasteiger partial charge in [-0.1, -0.05) is 25.2 Å². The van der Waals surface area contributed by atoms with Crippen molar-refractivity contribution < 1.29 is 31.8 Å². The maximum absolute atomic E-state index is 14.7. The molecule has 148 valence electrons. The smallest absolute Gasteiger partial charge is 0.445 e. The van der Waals surface area contributed by atoms with Crippen LogP contribution in [0.5, 0.6) is 5.75 Å². The van der Waals surface area contributed by atoms with Crippen molar-refractivity contribution in [2.75, 3.05) is 12.4 Å². The standard InChI is InChI=1S/C20H17F4NO3/c1-27-15-11-10-14-16(17(15)21)19(20(22,23)24,28-18(26)25-14)12-6-5-9-13-7-3-2-4-8-13/h10-11,13H,2-4,7-8H2,1H3,(H,25,26)/t19-/m0/s1. The van der Waals surface area contributed by atoms with E-state index >= 15 is 0 Å². The number of methoxy groups -OCH3 is 1. The van der Waals surface area contributed by atoms with Gasteiger partial charge in [0.1, 0.15) is 0 Å². The maximum Gasteiger partial charge on any atom is 0.445 e. The number of cyclic esters (lactones) is 1. The summed E-state index contributed by atoms with van der Waals surface area (Å²) in [6.45, 7) is 0. The fourth-order valence-electron chi connectivity index (χ4n) is 3.35. The third-order valence-electron chi connectivity index (χ3n) is 4.74. The highest BCUT2D eigenvalue weighted by atomic mass is 19.4. The van der Waals surface area contributed by atoms with Gasteiger partial charge in [0.05, 0.1) is 18.4 Å². The molecule has 4 nitrogen and oxygen atoms in total. The zero-order valence-corrected chi connectivity index (χ0v) is 15.0. The molecule has 1 aromatic carbocycles. The van der Waals surface area contributed by atoms with Crippen LogP contribution in [0.15, 0.2) is 12.1 Å². The molecule has 0 saturated heterocycles. The van der Waals surface area contributed by atoms with Gasteiger partial charge in [-0.3, -0.25) is 5.32 Å². The Morgan fingerprint density at radius 2 is 1.93 bits per heavy atom. The number of hydrogen-bond acceptors (Lipinski definition) is 3. The normalized spacial score (nSPS) is 21.8. The van der Waals surface area contributed by atoms with Gasteiger partial charge in [0.2, 0.25) is 0 Å². The SMILES string of the molecule is COc1ccc2c(c1F)[C@@](C#CC#CC1CCCCC1)(C(F)(F)F)OC(=O)N2. The molecule has 1 fully saturated rings. The van der Waals surface area contributed by atoms with Crippen molar-refractivity contribution in [1.29, 1.82) is 0 Å². The molecule has 0 bridgehead atoms. The molecule has 1 aromatic rings. The summed E-state index contributed by atoms with van der Waals surface area (Å²) in [5.74, 6) is 7.58. The Kier molecular flexibility index (Phi) is 5.42. The van der Waals surface area contributed by atoms with Crippen LogP contribution in [0, 0.1) is 35.4 Å². The van der Waals surface area contributed by atoms with Gasteiger partial charge in [-0.15, -0.1) is 0 Å². The van der Waals surface area contributed by atoms with Gasteiger partial charge < -0.3 is 9.47 Å². The minimum atomic E-state index is -5.20. The Bertz CT molecular complexity index is 898. The highest BCUT2D eigenvalue weighted by Gasteiger charge is 2.63. The number of hydrogen-bond donors (Lipinski definition) is 1. The van der Waals surface area contributed by atoms with Gasteiger partial charge >= 0.3 is 12.3 Å². The molecule has 3 rings (SSSR count). The summed E-state index contributed by atoms with van der Waals surface area (Å²) in [6.07, 6.45) is -1.71. The number of halogens is 4. The van der Waals surface area contributed by atoms with Crippen LogP contribution in [-0.4, -0.2) is 19.4 Å². The van der Waals surface area contributed by atoms with Crippen LogP contribution in [0.1, 0.15) is 37.7 Å². The van der Waals surface area contributed by atoms with Crippen LogP contribution in [0.3, 0.4) is 0 Å². The average Bonchev–Trinajstić information content (AvgIpc) is 2.65. The third-order valence-corrected chi connectivity index (χ3v) is 4.74. The van der Waals surface area contributed by atoms with E-state index in [0.29, 0.717) is 0 Å². The predicted molar refractivity (Wildman–Crippen MR) is 92.9 cm³/mol. The molecule has 1 aliphatic heterocycles. The summed E-state index contributed by atoms with van der Waals surface area (Å²) in [4.78, 5) is 11.7. The first-order valence-electron chi connectivity index (χ1n) is 8.75. The molecule has 8 heteroatoms. The first-order chi connectivity index (χ1) is 13.3. The lowest BCUT2D eigenvalue weighted by molar-refractivity contribution is -0.240. The second-order valence-corrected chi connectivity index (χ2v) is 6.55. The highest BCUT2D eigenvalue weighted by Crippen LogP contribution is 2.49. The van der Waals surface area contributed by atoms with Gasteiger partial charge in [-0.2, -0.15) is 13.2 Å². The third kappa shape index (κ3) is 3.60. The minimum absolute atomic E-state index is 0.0737. The summed E-state index contributed by atoms with van der Waals surface area (Å²) in [5, 5.41) is 2.06. The molecule has 0 radical (unpaired) electrons. The van der Waals surface area contributed by atoms with E-state index in [1.165, 1.54) is 0 Å². The van der Waals surface area contributed by atoms with E-state index in [1.807, 2.05) is 5.92 Å². The monoisotopic (exact) mass is 395 g/mol. The molecule has 2 aliphatic rings. The van der Waals surface area contributed by atoms with Crippen molar-refractivity contribution in [3.8, 4) is 29.4 Å². The Morgan fingerprint density at radius 3 is 2.57 bits per heavy atom. The second-order valence-electron chi connectivity index (χ2n) is 6.55. The molecule has 0 spiro atoms. The van der Waals surface area contributed by atoms with E-state index in [1.54, 1.807) is 0 Å². The van der Waals surface area contributed by atoms with Crippen molar-refractivity contribution >= 4 is 11.8 Å². The molecule has 28 heavy (non-hydrogen) atoms. The lowest BCUT2D eigenvalue weighted by Crippen LogP contribution is -2.50. The molecule has 1 aliphatic carbocycles. The summed E-state index contributed by atoms with van der Waals surface area (Å²) in [7, 11) is 1.11. The number of ether oxygens (including phenoxy) is 2. The molecule has 0 aromatic heterocycles. The first kappa shape index (κ1) is 19.9. The zero-order chi connectivity index (χ0) is 20.4. The molecule has 1 atom stereocenters. The summed E-state index contributed by atoms with van der Waals surface area (Å²) < 4.78 is 66.0. The van der Waals surface area contributed by atoms with Gasteiger partial charge in [-0.05, 0) is 42.7 Å². The van der Waals surface area contributed by atoms with Crippen LogP contribution < -0.4 is 10.1 Å². The second kappa shape index (κ2) is 7.63. The number of amides is 1. The van der Waals surface area contributed by atoms with Crippen molar-refractivity contribution in [1.82, 2.24) is 0 Å². The van der Waals surface area contributed by atoms with Crippen molar-refractivity contribution in [2.45, 2.75) is 43.9 Å². The molecular weight excluding hydrogens is 378 g/mol.